The number of nitrogens with zero attached hydrogens (tertiary/aromatic N) is 1. The average molecular weight is 265 g/mol. The van der Waals surface area contributed by atoms with Crippen LogP contribution in [0, 0.1) is 0 Å². The molecule has 0 fully saturated rings. The molecule has 6 nitrogen and oxygen atoms in total. The van der Waals surface area contributed by atoms with Crippen molar-refractivity contribution in [3.8, 4) is 0 Å². The van der Waals surface area contributed by atoms with E-state index in [1.807, 2.05) is 0 Å². The van der Waals surface area contributed by atoms with E-state index >= 15 is 0 Å². The standard InChI is InChI=1S/C13H19N3O3/c1-16(9-12(17)15-8-7-14)11-6-4-3-5-10(11)13(18)19-2/h3-6H,7-9,14H2,1-2H3,(H,15,17). The number of carbonyl (C=O) groups excluding carboxylic acids is 2. The molecule has 3 N–H and O–H groups in total. The van der Waals surface area contributed by atoms with Crippen molar-refractivity contribution in [1.29, 1.82) is 0 Å². The number of carbonyl (C=O) groups is 2. The third-order valence-corrected chi connectivity index (χ3v) is 2.57. The van der Waals surface area contributed by atoms with Gasteiger partial charge in [0.1, 0.15) is 0 Å². The molecule has 0 aliphatic rings. The van der Waals surface area contributed by atoms with Crippen LogP contribution < -0.4 is 16.0 Å². The van der Waals surface area contributed by atoms with Crippen LogP contribution in [0.4, 0.5) is 5.69 Å². The number of likely N-dealkylation sites (N-methyl/N-ethyl adjacent to an activating group) is 1. The van der Waals surface area contributed by atoms with E-state index in [4.69, 9.17) is 10.5 Å². The minimum Gasteiger partial charge on any atom is -0.465 e. The monoisotopic (exact) mass is 265 g/mol. The van der Waals surface area contributed by atoms with Gasteiger partial charge in [0.15, 0.2) is 0 Å². The summed E-state index contributed by atoms with van der Waals surface area (Å²) in [6.45, 7) is 0.980. The summed E-state index contributed by atoms with van der Waals surface area (Å²) >= 11 is 0. The number of nitrogens with two attached hydrogens (primary N) is 1. The number of esters is 1. The van der Waals surface area contributed by atoms with Crippen LogP contribution >= 0.6 is 0 Å². The molecule has 0 radical (unpaired) electrons. The molecular formula is C13H19N3O3. The first-order chi connectivity index (χ1) is 9.10. The van der Waals surface area contributed by atoms with Crippen LogP contribution in [0.2, 0.25) is 0 Å². The number of amides is 1. The summed E-state index contributed by atoms with van der Waals surface area (Å²) in [7, 11) is 3.07. The highest BCUT2D eigenvalue weighted by molar-refractivity contribution is 5.96. The van der Waals surface area contributed by atoms with Crippen LogP contribution in [0.15, 0.2) is 24.3 Å². The molecular weight excluding hydrogens is 246 g/mol. The molecule has 0 aromatic heterocycles. The number of ether oxygens (including phenoxy) is 1. The smallest absolute Gasteiger partial charge is 0.339 e. The topological polar surface area (TPSA) is 84.7 Å². The van der Waals surface area contributed by atoms with Gasteiger partial charge in [-0.1, -0.05) is 12.1 Å². The minimum atomic E-state index is -0.426. The lowest BCUT2D eigenvalue weighted by Crippen LogP contribution is -2.37. The lowest BCUT2D eigenvalue weighted by Gasteiger charge is -2.21. The zero-order valence-corrected chi connectivity index (χ0v) is 11.2. The molecule has 0 saturated heterocycles. The molecule has 0 saturated carbocycles. The highest BCUT2D eigenvalue weighted by Crippen LogP contribution is 2.19. The van der Waals surface area contributed by atoms with Gasteiger partial charge in [-0.2, -0.15) is 0 Å². The minimum absolute atomic E-state index is 0.146. The lowest BCUT2D eigenvalue weighted by molar-refractivity contribution is -0.119. The van der Waals surface area contributed by atoms with Gasteiger partial charge in [0.2, 0.25) is 5.91 Å². The van der Waals surface area contributed by atoms with Crippen LogP contribution in [-0.2, 0) is 9.53 Å². The normalized spacial score (nSPS) is 9.84. The summed E-state index contributed by atoms with van der Waals surface area (Å²) in [5.74, 6) is -0.572. The maximum atomic E-state index is 11.6. The molecule has 1 amide bonds. The van der Waals surface area contributed by atoms with Gasteiger partial charge in [0, 0.05) is 20.1 Å². The zero-order chi connectivity index (χ0) is 14.3. The molecule has 19 heavy (non-hydrogen) atoms. The van der Waals surface area contributed by atoms with E-state index in [0.29, 0.717) is 24.3 Å². The molecule has 1 aromatic rings. The van der Waals surface area contributed by atoms with Crippen LogP contribution in [0.3, 0.4) is 0 Å². The molecule has 6 heteroatoms. The summed E-state index contributed by atoms with van der Waals surface area (Å²) in [5.41, 5.74) is 6.39. The second-order valence-corrected chi connectivity index (χ2v) is 4.00. The summed E-state index contributed by atoms with van der Waals surface area (Å²) in [5, 5.41) is 2.67. The number of methoxy groups -OCH3 is 1. The molecule has 0 aliphatic carbocycles. The van der Waals surface area contributed by atoms with Crippen molar-refractivity contribution < 1.29 is 14.3 Å². The number of hydrogen-bond acceptors (Lipinski definition) is 5. The molecule has 0 aliphatic heterocycles. The van der Waals surface area contributed by atoms with Crippen molar-refractivity contribution in [3.63, 3.8) is 0 Å². The highest BCUT2D eigenvalue weighted by atomic mass is 16.5. The third-order valence-electron chi connectivity index (χ3n) is 2.57. The molecule has 104 valence electrons. The van der Waals surface area contributed by atoms with E-state index < -0.39 is 5.97 Å². The third kappa shape index (κ3) is 4.26. The fourth-order valence-corrected chi connectivity index (χ4v) is 1.66. The Hall–Kier alpha value is -2.08. The molecule has 0 spiro atoms. The van der Waals surface area contributed by atoms with Gasteiger partial charge in [-0.15, -0.1) is 0 Å². The van der Waals surface area contributed by atoms with E-state index in [9.17, 15) is 9.59 Å². The molecule has 0 atom stereocenters. The number of hydrogen-bond donors (Lipinski definition) is 2. The van der Waals surface area contributed by atoms with Crippen molar-refractivity contribution in [2.45, 2.75) is 0 Å². The fraction of sp³-hybridized carbons (Fsp3) is 0.385. The molecule has 1 aromatic carbocycles. The SMILES string of the molecule is COC(=O)c1ccccc1N(C)CC(=O)NCCN. The number of rotatable bonds is 6. The Morgan fingerprint density at radius 2 is 2.05 bits per heavy atom. The van der Waals surface area contributed by atoms with Crippen molar-refractivity contribution in [2.24, 2.45) is 5.73 Å². The maximum Gasteiger partial charge on any atom is 0.339 e. The Bertz CT molecular complexity index is 449. The molecule has 0 bridgehead atoms. The van der Waals surface area contributed by atoms with Gasteiger partial charge in [0.05, 0.1) is 24.9 Å². The lowest BCUT2D eigenvalue weighted by atomic mass is 10.1. The van der Waals surface area contributed by atoms with E-state index in [1.165, 1.54) is 7.11 Å². The van der Waals surface area contributed by atoms with Crippen molar-refractivity contribution in [2.75, 3.05) is 38.7 Å². The Kier molecular flexibility index (Phi) is 5.81. The number of para-hydroxylation sites is 1. The maximum absolute atomic E-state index is 11.6. The van der Waals surface area contributed by atoms with Crippen LogP contribution in [0.5, 0.6) is 0 Å². The number of benzene rings is 1. The first-order valence-electron chi connectivity index (χ1n) is 5.95. The summed E-state index contributed by atoms with van der Waals surface area (Å²) in [4.78, 5) is 24.9. The fourth-order valence-electron chi connectivity index (χ4n) is 1.66. The van der Waals surface area contributed by atoms with Crippen molar-refractivity contribution >= 4 is 17.6 Å². The summed E-state index contributed by atoms with van der Waals surface area (Å²) in [6, 6.07) is 6.98. The predicted molar refractivity (Wildman–Crippen MR) is 73.1 cm³/mol. The van der Waals surface area contributed by atoms with E-state index in [1.54, 1.807) is 36.2 Å². The van der Waals surface area contributed by atoms with Crippen LogP contribution in [0.1, 0.15) is 10.4 Å². The van der Waals surface area contributed by atoms with Gasteiger partial charge in [-0.25, -0.2) is 4.79 Å². The second-order valence-electron chi connectivity index (χ2n) is 4.00. The summed E-state index contributed by atoms with van der Waals surface area (Å²) < 4.78 is 4.71. The quantitative estimate of drug-likeness (QED) is 0.706. The Balaban J connectivity index is 2.79. The largest absolute Gasteiger partial charge is 0.465 e. The summed E-state index contributed by atoms with van der Waals surface area (Å²) in [6.07, 6.45) is 0. The van der Waals surface area contributed by atoms with Crippen molar-refractivity contribution in [3.05, 3.63) is 29.8 Å². The Morgan fingerprint density at radius 3 is 2.68 bits per heavy atom. The van der Waals surface area contributed by atoms with E-state index in [2.05, 4.69) is 5.32 Å². The molecule has 1 rings (SSSR count). The van der Waals surface area contributed by atoms with Gasteiger partial charge in [0.25, 0.3) is 0 Å². The van der Waals surface area contributed by atoms with Crippen LogP contribution in [-0.4, -0.2) is 45.7 Å². The van der Waals surface area contributed by atoms with Crippen molar-refractivity contribution in [1.82, 2.24) is 5.32 Å². The zero-order valence-electron chi connectivity index (χ0n) is 11.2. The van der Waals surface area contributed by atoms with E-state index in [-0.39, 0.29) is 12.5 Å². The van der Waals surface area contributed by atoms with E-state index in [0.717, 1.165) is 0 Å². The molecule has 0 heterocycles. The number of nitrogens with one attached hydrogen (secondary N) is 1. The first kappa shape index (κ1) is 15.0. The highest BCUT2D eigenvalue weighted by Gasteiger charge is 2.15. The van der Waals surface area contributed by atoms with Gasteiger partial charge < -0.3 is 20.7 Å². The van der Waals surface area contributed by atoms with Gasteiger partial charge in [-0.3, -0.25) is 4.79 Å². The predicted octanol–water partition coefficient (Wildman–Crippen LogP) is -0.0157. The Morgan fingerprint density at radius 1 is 1.37 bits per heavy atom. The van der Waals surface area contributed by atoms with Crippen LogP contribution in [0.25, 0.3) is 0 Å². The van der Waals surface area contributed by atoms with Gasteiger partial charge >= 0.3 is 5.97 Å². The van der Waals surface area contributed by atoms with Gasteiger partial charge in [-0.05, 0) is 12.1 Å². The Labute approximate surface area is 112 Å². The number of anilines is 1. The molecule has 0 unspecified atom stereocenters. The average Bonchev–Trinajstić information content (AvgIpc) is 2.44. The second kappa shape index (κ2) is 7.38. The first-order valence-corrected chi connectivity index (χ1v) is 5.95.